The van der Waals surface area contributed by atoms with Gasteiger partial charge in [-0.3, -0.25) is 9.78 Å². The smallest absolute Gasteiger partial charge is 0.328 e. The highest BCUT2D eigenvalue weighted by molar-refractivity contribution is 5.95. The summed E-state index contributed by atoms with van der Waals surface area (Å²) >= 11 is 0. The molecular formula is C15H18N2O4. The molecule has 1 aromatic heterocycles. The maximum absolute atomic E-state index is 12.3. The van der Waals surface area contributed by atoms with Gasteiger partial charge in [-0.05, 0) is 37.5 Å². The fraction of sp³-hybridized carbons (Fsp3) is 0.400. The number of nitrogens with zero attached hydrogens (tertiary/aromatic N) is 1. The zero-order valence-corrected chi connectivity index (χ0v) is 11.8. The van der Waals surface area contributed by atoms with Crippen LogP contribution in [0.3, 0.4) is 0 Å². The van der Waals surface area contributed by atoms with Crippen LogP contribution in [-0.2, 0) is 9.53 Å². The van der Waals surface area contributed by atoms with Gasteiger partial charge in [0.2, 0.25) is 0 Å². The molecule has 0 aliphatic carbocycles. The molecule has 0 radical (unpaired) electrons. The van der Waals surface area contributed by atoms with Gasteiger partial charge < -0.3 is 15.2 Å². The topological polar surface area (TPSA) is 88.5 Å². The molecule has 1 amide bonds. The van der Waals surface area contributed by atoms with Crippen LogP contribution in [0.15, 0.2) is 24.5 Å². The number of pyridine rings is 1. The Morgan fingerprint density at radius 2 is 2.10 bits per heavy atom. The van der Waals surface area contributed by atoms with Crippen molar-refractivity contribution in [3.63, 3.8) is 0 Å². The maximum atomic E-state index is 12.3. The summed E-state index contributed by atoms with van der Waals surface area (Å²) in [6.07, 6.45) is 6.93. The van der Waals surface area contributed by atoms with Gasteiger partial charge in [0.25, 0.3) is 5.91 Å². The number of hydrogen-bond acceptors (Lipinski definition) is 4. The highest BCUT2D eigenvalue weighted by Gasteiger charge is 2.29. The number of amides is 1. The van der Waals surface area contributed by atoms with Crippen molar-refractivity contribution in [3.05, 3.63) is 35.7 Å². The van der Waals surface area contributed by atoms with Crippen molar-refractivity contribution in [1.82, 2.24) is 10.3 Å². The number of hydrogen-bond donors (Lipinski definition) is 2. The van der Waals surface area contributed by atoms with Gasteiger partial charge in [0.1, 0.15) is 0 Å². The van der Waals surface area contributed by atoms with Gasteiger partial charge in [0, 0.05) is 37.2 Å². The second-order valence-corrected chi connectivity index (χ2v) is 5.31. The molecule has 1 aromatic rings. The summed E-state index contributed by atoms with van der Waals surface area (Å²) in [5, 5.41) is 11.6. The van der Waals surface area contributed by atoms with E-state index in [0.29, 0.717) is 24.3 Å². The van der Waals surface area contributed by atoms with E-state index in [0.717, 1.165) is 18.9 Å². The van der Waals surface area contributed by atoms with E-state index in [1.807, 2.05) is 6.92 Å². The highest BCUT2D eigenvalue weighted by Crippen LogP contribution is 2.20. The van der Waals surface area contributed by atoms with Crippen LogP contribution in [-0.4, -0.2) is 40.7 Å². The Morgan fingerprint density at radius 1 is 1.38 bits per heavy atom. The third-order valence-electron chi connectivity index (χ3n) is 3.45. The Balaban J connectivity index is 2.08. The van der Waals surface area contributed by atoms with Crippen molar-refractivity contribution in [3.8, 4) is 0 Å². The number of nitrogens with one attached hydrogen (secondary N) is 1. The minimum atomic E-state index is -1.04. The molecule has 21 heavy (non-hydrogen) atoms. The largest absolute Gasteiger partial charge is 0.478 e. The molecule has 2 N–H and O–H groups in total. The molecule has 1 aliphatic rings. The fourth-order valence-electron chi connectivity index (χ4n) is 2.13. The first kappa shape index (κ1) is 15.2. The van der Waals surface area contributed by atoms with Gasteiger partial charge in [0.15, 0.2) is 0 Å². The number of carboxylic acids is 1. The lowest BCUT2D eigenvalue weighted by atomic mass is 9.92. The minimum Gasteiger partial charge on any atom is -0.478 e. The van der Waals surface area contributed by atoms with Gasteiger partial charge >= 0.3 is 5.97 Å². The first-order chi connectivity index (χ1) is 9.98. The molecule has 0 saturated carbocycles. The van der Waals surface area contributed by atoms with Crippen LogP contribution in [0, 0.1) is 0 Å². The van der Waals surface area contributed by atoms with Crippen molar-refractivity contribution >= 4 is 18.0 Å². The minimum absolute atomic E-state index is 0.211. The molecule has 112 valence electrons. The summed E-state index contributed by atoms with van der Waals surface area (Å²) < 4.78 is 5.30. The van der Waals surface area contributed by atoms with Gasteiger partial charge in [-0.25, -0.2) is 4.79 Å². The summed E-state index contributed by atoms with van der Waals surface area (Å²) in [5.41, 5.74) is 0.708. The standard InChI is InChI=1S/C15H18N2O4/c1-15(4-6-21-7-5-15)17-14(20)12-8-11(9-16-10-12)2-3-13(18)19/h2-3,8-10H,4-7H2,1H3,(H,17,20)(H,18,19)/b3-2+. The van der Waals surface area contributed by atoms with Gasteiger partial charge in [0.05, 0.1) is 5.56 Å². The maximum Gasteiger partial charge on any atom is 0.328 e. The number of aliphatic carboxylic acids is 1. The Kier molecular flexibility index (Phi) is 4.70. The van der Waals surface area contributed by atoms with E-state index in [-0.39, 0.29) is 11.4 Å². The van der Waals surface area contributed by atoms with E-state index < -0.39 is 5.97 Å². The molecule has 0 atom stereocenters. The van der Waals surface area contributed by atoms with Crippen LogP contribution in [0.5, 0.6) is 0 Å². The summed E-state index contributed by atoms with van der Waals surface area (Å²) in [5.74, 6) is -1.25. The zero-order valence-electron chi connectivity index (χ0n) is 11.8. The Bertz CT molecular complexity index is 563. The van der Waals surface area contributed by atoms with Crippen molar-refractivity contribution in [2.75, 3.05) is 13.2 Å². The molecule has 0 spiro atoms. The van der Waals surface area contributed by atoms with E-state index in [9.17, 15) is 9.59 Å². The third-order valence-corrected chi connectivity index (χ3v) is 3.45. The quantitative estimate of drug-likeness (QED) is 0.820. The van der Waals surface area contributed by atoms with Crippen molar-refractivity contribution in [2.45, 2.75) is 25.3 Å². The second kappa shape index (κ2) is 6.49. The molecule has 2 rings (SSSR count). The summed E-state index contributed by atoms with van der Waals surface area (Å²) in [4.78, 5) is 26.7. The molecule has 1 fully saturated rings. The van der Waals surface area contributed by atoms with Crippen LogP contribution < -0.4 is 5.32 Å². The molecule has 2 heterocycles. The summed E-state index contributed by atoms with van der Waals surface area (Å²) in [7, 11) is 0. The van der Waals surface area contributed by atoms with Gasteiger partial charge in [-0.2, -0.15) is 0 Å². The monoisotopic (exact) mass is 290 g/mol. The number of aromatic nitrogens is 1. The normalized spacial score (nSPS) is 17.6. The molecule has 1 saturated heterocycles. The van der Waals surface area contributed by atoms with Crippen molar-refractivity contribution in [2.24, 2.45) is 0 Å². The van der Waals surface area contributed by atoms with Crippen LogP contribution in [0.4, 0.5) is 0 Å². The predicted molar refractivity (Wildman–Crippen MR) is 76.8 cm³/mol. The lowest BCUT2D eigenvalue weighted by Gasteiger charge is -2.34. The van der Waals surface area contributed by atoms with E-state index >= 15 is 0 Å². The molecule has 0 bridgehead atoms. The zero-order chi connectivity index (χ0) is 15.3. The summed E-state index contributed by atoms with van der Waals surface area (Å²) in [6, 6.07) is 1.62. The van der Waals surface area contributed by atoms with Crippen LogP contribution in [0.1, 0.15) is 35.7 Å². The number of carbonyl (C=O) groups excluding carboxylic acids is 1. The molecule has 6 heteroatoms. The highest BCUT2D eigenvalue weighted by atomic mass is 16.5. The first-order valence-corrected chi connectivity index (χ1v) is 6.75. The summed E-state index contributed by atoms with van der Waals surface area (Å²) in [6.45, 7) is 3.27. The van der Waals surface area contributed by atoms with Crippen molar-refractivity contribution in [1.29, 1.82) is 0 Å². The van der Waals surface area contributed by atoms with Crippen LogP contribution >= 0.6 is 0 Å². The lowest BCUT2D eigenvalue weighted by Crippen LogP contribution is -2.49. The number of ether oxygens (including phenoxy) is 1. The molecule has 6 nitrogen and oxygen atoms in total. The van der Waals surface area contributed by atoms with Crippen LogP contribution in [0.25, 0.3) is 6.08 Å². The lowest BCUT2D eigenvalue weighted by molar-refractivity contribution is -0.131. The fourth-order valence-corrected chi connectivity index (χ4v) is 2.13. The Morgan fingerprint density at radius 3 is 2.76 bits per heavy atom. The van der Waals surface area contributed by atoms with Crippen molar-refractivity contribution < 1.29 is 19.4 Å². The van der Waals surface area contributed by atoms with E-state index in [4.69, 9.17) is 9.84 Å². The second-order valence-electron chi connectivity index (χ2n) is 5.31. The number of carboxylic acid groups (broad SMARTS) is 1. The SMILES string of the molecule is CC1(NC(=O)c2cncc(/C=C/C(=O)O)c2)CCOCC1. The van der Waals surface area contributed by atoms with Gasteiger partial charge in [-0.15, -0.1) is 0 Å². The van der Waals surface area contributed by atoms with E-state index in [1.165, 1.54) is 18.5 Å². The Hall–Kier alpha value is -2.21. The van der Waals surface area contributed by atoms with E-state index in [1.54, 1.807) is 6.07 Å². The first-order valence-electron chi connectivity index (χ1n) is 6.75. The van der Waals surface area contributed by atoms with Gasteiger partial charge in [-0.1, -0.05) is 0 Å². The number of rotatable bonds is 4. The predicted octanol–water partition coefficient (Wildman–Crippen LogP) is 1.48. The third kappa shape index (κ3) is 4.39. The molecular weight excluding hydrogens is 272 g/mol. The average molecular weight is 290 g/mol. The van der Waals surface area contributed by atoms with Crippen LogP contribution in [0.2, 0.25) is 0 Å². The number of carbonyl (C=O) groups is 2. The average Bonchev–Trinajstić information content (AvgIpc) is 2.45. The van der Waals surface area contributed by atoms with E-state index in [2.05, 4.69) is 10.3 Å². The molecule has 1 aliphatic heterocycles. The Labute approximate surface area is 122 Å². The molecule has 0 aromatic carbocycles. The molecule has 0 unspecified atom stereocenters.